The second-order valence-corrected chi connectivity index (χ2v) is 6.78. The van der Waals surface area contributed by atoms with Crippen molar-refractivity contribution in [2.75, 3.05) is 26.5 Å². The van der Waals surface area contributed by atoms with Crippen LogP contribution in [0, 0.1) is 12.8 Å². The van der Waals surface area contributed by atoms with E-state index in [1.807, 2.05) is 11.8 Å². The van der Waals surface area contributed by atoms with Crippen LogP contribution in [0.1, 0.15) is 43.0 Å². The van der Waals surface area contributed by atoms with Crippen LogP contribution in [-0.2, 0) is 5.75 Å². The van der Waals surface area contributed by atoms with Crippen molar-refractivity contribution in [1.29, 1.82) is 0 Å². The first-order chi connectivity index (χ1) is 10.1. The van der Waals surface area contributed by atoms with E-state index in [-0.39, 0.29) is 0 Å². The van der Waals surface area contributed by atoms with Gasteiger partial charge in [0.1, 0.15) is 0 Å². The van der Waals surface area contributed by atoms with Crippen molar-refractivity contribution in [3.05, 3.63) is 22.8 Å². The van der Waals surface area contributed by atoms with Crippen LogP contribution < -0.4 is 14.8 Å². The molecule has 1 aromatic carbocycles. The molecule has 1 aliphatic heterocycles. The van der Waals surface area contributed by atoms with Gasteiger partial charge in [-0.1, -0.05) is 13.8 Å². The normalized spacial score (nSPS) is 21.6. The maximum atomic E-state index is 5.73. The predicted octanol–water partition coefficient (Wildman–Crippen LogP) is 3.94. The van der Waals surface area contributed by atoms with Crippen molar-refractivity contribution in [2.45, 2.75) is 39.0 Å². The zero-order valence-corrected chi connectivity index (χ0v) is 14.6. The van der Waals surface area contributed by atoms with Gasteiger partial charge in [-0.3, -0.25) is 0 Å². The summed E-state index contributed by atoms with van der Waals surface area (Å²) in [6, 6.07) is 2.43. The number of benzene rings is 1. The van der Waals surface area contributed by atoms with Crippen LogP contribution >= 0.6 is 11.8 Å². The van der Waals surface area contributed by atoms with Gasteiger partial charge in [0, 0.05) is 17.4 Å². The van der Waals surface area contributed by atoms with Crippen LogP contribution in [0.4, 0.5) is 0 Å². The molecule has 118 valence electrons. The summed E-state index contributed by atoms with van der Waals surface area (Å²) in [5, 5.41) is 3.72. The molecule has 0 spiro atoms. The first-order valence-electron chi connectivity index (χ1n) is 7.69. The maximum Gasteiger partial charge on any atom is 0.165 e. The lowest BCUT2D eigenvalue weighted by molar-refractivity contribution is 0.336. The minimum atomic E-state index is 0.332. The molecule has 2 rings (SSSR count). The fourth-order valence-electron chi connectivity index (χ4n) is 3.04. The Kier molecular flexibility index (Phi) is 5.82. The number of rotatable bonds is 5. The Morgan fingerprint density at radius 1 is 1.33 bits per heavy atom. The van der Waals surface area contributed by atoms with Crippen molar-refractivity contribution in [1.82, 2.24) is 5.32 Å². The Hall–Kier alpha value is -0.870. The first kappa shape index (κ1) is 16.5. The molecule has 1 aromatic rings. The van der Waals surface area contributed by atoms with E-state index in [1.165, 1.54) is 22.4 Å². The number of thioether (sulfide) groups is 1. The van der Waals surface area contributed by atoms with Gasteiger partial charge in [0.05, 0.1) is 14.2 Å². The van der Waals surface area contributed by atoms with Crippen LogP contribution in [0.3, 0.4) is 0 Å². The van der Waals surface area contributed by atoms with E-state index in [0.717, 1.165) is 30.2 Å². The summed E-state index contributed by atoms with van der Waals surface area (Å²) >= 11 is 2.01. The number of fused-ring (bicyclic) bond motifs is 1. The molecule has 0 fully saturated rings. The van der Waals surface area contributed by atoms with Gasteiger partial charge < -0.3 is 14.8 Å². The molecular formula is C17H27NO2S. The highest BCUT2D eigenvalue weighted by Crippen LogP contribution is 2.45. The third-order valence-electron chi connectivity index (χ3n) is 4.16. The Balaban J connectivity index is 2.58. The van der Waals surface area contributed by atoms with Crippen LogP contribution in [0.5, 0.6) is 11.5 Å². The molecule has 1 N–H and O–H groups in total. The molecule has 2 atom stereocenters. The number of methoxy groups -OCH3 is 2. The van der Waals surface area contributed by atoms with Gasteiger partial charge >= 0.3 is 0 Å². The molecule has 0 aromatic heterocycles. The highest BCUT2D eigenvalue weighted by molar-refractivity contribution is 7.98. The second kappa shape index (κ2) is 7.41. The maximum absolute atomic E-state index is 5.73. The van der Waals surface area contributed by atoms with Gasteiger partial charge in [-0.25, -0.2) is 0 Å². The van der Waals surface area contributed by atoms with Crippen molar-refractivity contribution >= 4 is 11.8 Å². The molecule has 0 amide bonds. The van der Waals surface area contributed by atoms with E-state index < -0.39 is 0 Å². The van der Waals surface area contributed by atoms with E-state index in [1.54, 1.807) is 14.2 Å². The molecular weight excluding hydrogens is 282 g/mol. The summed E-state index contributed by atoms with van der Waals surface area (Å²) in [4.78, 5) is 0. The SMILES string of the molecule is CCCNC1c2c(c(C)cc(OC)c2OC)CSCC1C. The van der Waals surface area contributed by atoms with Gasteiger partial charge in [-0.15, -0.1) is 0 Å². The zero-order chi connectivity index (χ0) is 15.4. The number of ether oxygens (including phenoxy) is 2. The standard InChI is InChI=1S/C17H27NO2S/c1-6-7-18-16-12(3)9-21-10-13-11(2)8-14(19-4)17(20-5)15(13)16/h8,12,16,18H,6-7,9-10H2,1-5H3. The molecule has 4 heteroatoms. The predicted molar refractivity (Wildman–Crippen MR) is 90.6 cm³/mol. The fourth-order valence-corrected chi connectivity index (χ4v) is 4.31. The minimum absolute atomic E-state index is 0.332. The summed E-state index contributed by atoms with van der Waals surface area (Å²) in [6.07, 6.45) is 1.14. The van der Waals surface area contributed by atoms with Crippen molar-refractivity contribution in [2.24, 2.45) is 5.92 Å². The first-order valence-corrected chi connectivity index (χ1v) is 8.84. The van der Waals surface area contributed by atoms with Gasteiger partial charge in [0.25, 0.3) is 0 Å². The lowest BCUT2D eigenvalue weighted by Gasteiger charge is -2.28. The van der Waals surface area contributed by atoms with E-state index in [2.05, 4.69) is 32.2 Å². The summed E-state index contributed by atoms with van der Waals surface area (Å²) < 4.78 is 11.3. The number of nitrogens with one attached hydrogen (secondary N) is 1. The monoisotopic (exact) mass is 309 g/mol. The van der Waals surface area contributed by atoms with E-state index in [9.17, 15) is 0 Å². The highest BCUT2D eigenvalue weighted by atomic mass is 32.2. The molecule has 3 nitrogen and oxygen atoms in total. The molecule has 1 heterocycles. The summed E-state index contributed by atoms with van der Waals surface area (Å²) in [6.45, 7) is 7.73. The van der Waals surface area contributed by atoms with E-state index >= 15 is 0 Å². The van der Waals surface area contributed by atoms with Crippen molar-refractivity contribution < 1.29 is 9.47 Å². The van der Waals surface area contributed by atoms with Crippen LogP contribution in [-0.4, -0.2) is 26.5 Å². The Labute approximate surface area is 132 Å². The van der Waals surface area contributed by atoms with Gasteiger partial charge in [0.2, 0.25) is 0 Å². The number of hydrogen-bond donors (Lipinski definition) is 1. The fraction of sp³-hybridized carbons (Fsp3) is 0.647. The second-order valence-electron chi connectivity index (χ2n) is 5.75. The van der Waals surface area contributed by atoms with Gasteiger partial charge in [-0.05, 0) is 48.8 Å². The van der Waals surface area contributed by atoms with Crippen molar-refractivity contribution in [3.8, 4) is 11.5 Å². The molecule has 0 radical (unpaired) electrons. The van der Waals surface area contributed by atoms with Crippen LogP contribution in [0.2, 0.25) is 0 Å². The van der Waals surface area contributed by atoms with Crippen molar-refractivity contribution in [3.63, 3.8) is 0 Å². The third-order valence-corrected chi connectivity index (χ3v) is 5.42. The Morgan fingerprint density at radius 2 is 2.10 bits per heavy atom. The largest absolute Gasteiger partial charge is 0.493 e. The quantitative estimate of drug-likeness (QED) is 0.892. The summed E-state index contributed by atoms with van der Waals surface area (Å²) in [5.74, 6) is 4.54. The smallest absolute Gasteiger partial charge is 0.165 e. The lowest BCUT2D eigenvalue weighted by atomic mass is 9.89. The van der Waals surface area contributed by atoms with Gasteiger partial charge in [-0.2, -0.15) is 11.8 Å². The third kappa shape index (κ3) is 3.32. The van der Waals surface area contributed by atoms with Crippen LogP contribution in [0.15, 0.2) is 6.07 Å². The Bertz CT molecular complexity index is 490. The number of aryl methyl sites for hydroxylation is 1. The lowest BCUT2D eigenvalue weighted by Crippen LogP contribution is -2.29. The van der Waals surface area contributed by atoms with E-state index in [0.29, 0.717) is 12.0 Å². The highest BCUT2D eigenvalue weighted by Gasteiger charge is 2.30. The molecule has 0 saturated carbocycles. The molecule has 0 aliphatic carbocycles. The summed E-state index contributed by atoms with van der Waals surface area (Å²) in [5.41, 5.74) is 4.02. The average molecular weight is 309 g/mol. The Morgan fingerprint density at radius 3 is 2.71 bits per heavy atom. The van der Waals surface area contributed by atoms with E-state index in [4.69, 9.17) is 9.47 Å². The number of hydrogen-bond acceptors (Lipinski definition) is 4. The minimum Gasteiger partial charge on any atom is -0.493 e. The summed E-state index contributed by atoms with van der Waals surface area (Å²) in [7, 11) is 3.46. The van der Waals surface area contributed by atoms with Gasteiger partial charge in [0.15, 0.2) is 11.5 Å². The zero-order valence-electron chi connectivity index (χ0n) is 13.8. The molecule has 2 unspecified atom stereocenters. The molecule has 0 saturated heterocycles. The molecule has 0 bridgehead atoms. The van der Waals surface area contributed by atoms with Crippen LogP contribution in [0.25, 0.3) is 0 Å². The topological polar surface area (TPSA) is 30.5 Å². The average Bonchev–Trinajstić information content (AvgIpc) is 2.64. The molecule has 21 heavy (non-hydrogen) atoms. The molecule has 1 aliphatic rings.